The van der Waals surface area contributed by atoms with Gasteiger partial charge in [0.05, 0.1) is 24.5 Å². The Morgan fingerprint density at radius 3 is 2.79 bits per heavy atom. The van der Waals surface area contributed by atoms with Crippen LogP contribution in [0.25, 0.3) is 0 Å². The van der Waals surface area contributed by atoms with Crippen molar-refractivity contribution in [1.29, 1.82) is 5.26 Å². The van der Waals surface area contributed by atoms with Gasteiger partial charge in [0.1, 0.15) is 0 Å². The molecule has 4 nitrogen and oxygen atoms in total. The van der Waals surface area contributed by atoms with Gasteiger partial charge in [0.15, 0.2) is 0 Å². The molecule has 0 spiro atoms. The number of hydrogen-bond acceptors (Lipinski definition) is 4. The van der Waals surface area contributed by atoms with Gasteiger partial charge in [-0.2, -0.15) is 5.26 Å². The Morgan fingerprint density at radius 2 is 2.16 bits per heavy atom. The monoisotopic (exact) mass is 258 g/mol. The Balaban J connectivity index is 1.99. The van der Waals surface area contributed by atoms with Crippen molar-refractivity contribution in [3.8, 4) is 6.07 Å². The van der Waals surface area contributed by atoms with Crippen molar-refractivity contribution >= 4 is 5.97 Å². The lowest BCUT2D eigenvalue weighted by molar-refractivity contribution is -0.148. The number of nitrogens with zero attached hydrogens (tertiary/aromatic N) is 2. The van der Waals surface area contributed by atoms with Gasteiger partial charge in [0.25, 0.3) is 0 Å². The molecule has 0 amide bonds. The molecule has 2 rings (SSSR count). The zero-order valence-corrected chi connectivity index (χ0v) is 11.1. The highest BCUT2D eigenvalue weighted by molar-refractivity contribution is 5.74. The second-order valence-corrected chi connectivity index (χ2v) is 4.77. The van der Waals surface area contributed by atoms with E-state index < -0.39 is 0 Å². The van der Waals surface area contributed by atoms with Gasteiger partial charge >= 0.3 is 5.97 Å². The van der Waals surface area contributed by atoms with Crippen LogP contribution in [0.15, 0.2) is 30.3 Å². The number of carbonyl (C=O) groups is 1. The van der Waals surface area contributed by atoms with Crippen molar-refractivity contribution in [1.82, 2.24) is 4.90 Å². The standard InChI is InChI=1S/C15H18N2O2/c1-2-19-15(18)14-11-17(10-13(14)8-16)9-12-6-4-3-5-7-12/h3-7,13-14H,2,9-11H2,1H3/t13-,14+/m1/s1. The van der Waals surface area contributed by atoms with Gasteiger partial charge < -0.3 is 4.74 Å². The maximum absolute atomic E-state index is 11.8. The van der Waals surface area contributed by atoms with Gasteiger partial charge in [-0.15, -0.1) is 0 Å². The number of nitriles is 1. The molecule has 1 saturated heterocycles. The zero-order chi connectivity index (χ0) is 13.7. The third-order valence-corrected chi connectivity index (χ3v) is 3.40. The Labute approximate surface area is 113 Å². The van der Waals surface area contributed by atoms with Crippen LogP contribution < -0.4 is 0 Å². The summed E-state index contributed by atoms with van der Waals surface area (Å²) in [5, 5.41) is 9.15. The summed E-state index contributed by atoms with van der Waals surface area (Å²) in [7, 11) is 0. The minimum absolute atomic E-state index is 0.246. The predicted octanol–water partition coefficient (Wildman–Crippen LogP) is 1.82. The van der Waals surface area contributed by atoms with Crippen molar-refractivity contribution < 1.29 is 9.53 Å². The van der Waals surface area contributed by atoms with Crippen LogP contribution in [0.5, 0.6) is 0 Å². The van der Waals surface area contributed by atoms with Crippen LogP contribution in [-0.2, 0) is 16.1 Å². The van der Waals surface area contributed by atoms with E-state index in [0.717, 1.165) is 6.54 Å². The van der Waals surface area contributed by atoms with E-state index in [1.165, 1.54) is 5.56 Å². The molecule has 0 radical (unpaired) electrons. The number of esters is 1. The molecule has 0 bridgehead atoms. The second kappa shape index (κ2) is 6.35. The molecule has 19 heavy (non-hydrogen) atoms. The van der Waals surface area contributed by atoms with E-state index in [0.29, 0.717) is 19.7 Å². The van der Waals surface area contributed by atoms with E-state index in [-0.39, 0.29) is 17.8 Å². The fraction of sp³-hybridized carbons (Fsp3) is 0.467. The molecule has 4 heteroatoms. The van der Waals surface area contributed by atoms with Crippen LogP contribution in [0.3, 0.4) is 0 Å². The van der Waals surface area contributed by atoms with E-state index in [2.05, 4.69) is 23.1 Å². The fourth-order valence-corrected chi connectivity index (χ4v) is 2.47. The summed E-state index contributed by atoms with van der Waals surface area (Å²) in [5.41, 5.74) is 1.20. The number of rotatable bonds is 4. The molecule has 1 fully saturated rings. The van der Waals surface area contributed by atoms with Crippen molar-refractivity contribution in [2.45, 2.75) is 13.5 Å². The van der Waals surface area contributed by atoms with Crippen molar-refractivity contribution in [3.63, 3.8) is 0 Å². The first kappa shape index (κ1) is 13.6. The number of likely N-dealkylation sites (tertiary alicyclic amines) is 1. The molecule has 0 aliphatic carbocycles. The topological polar surface area (TPSA) is 53.3 Å². The van der Waals surface area contributed by atoms with Gasteiger partial charge in [-0.3, -0.25) is 9.69 Å². The van der Waals surface area contributed by atoms with E-state index >= 15 is 0 Å². The van der Waals surface area contributed by atoms with Gasteiger partial charge in [-0.1, -0.05) is 30.3 Å². The molecule has 0 aromatic heterocycles. The first-order valence-electron chi connectivity index (χ1n) is 6.57. The summed E-state index contributed by atoms with van der Waals surface area (Å²) in [6, 6.07) is 12.3. The lowest BCUT2D eigenvalue weighted by atomic mass is 9.98. The first-order valence-corrected chi connectivity index (χ1v) is 6.57. The van der Waals surface area contributed by atoms with Gasteiger partial charge in [0, 0.05) is 19.6 Å². The van der Waals surface area contributed by atoms with E-state index in [1.807, 2.05) is 18.2 Å². The molecule has 1 aliphatic rings. The molecule has 0 saturated carbocycles. The third kappa shape index (κ3) is 3.33. The molecule has 100 valence electrons. The third-order valence-electron chi connectivity index (χ3n) is 3.40. The van der Waals surface area contributed by atoms with Crippen molar-refractivity contribution in [2.24, 2.45) is 11.8 Å². The van der Waals surface area contributed by atoms with Gasteiger partial charge in [-0.05, 0) is 12.5 Å². The summed E-state index contributed by atoms with van der Waals surface area (Å²) in [6.07, 6.45) is 0. The smallest absolute Gasteiger partial charge is 0.311 e. The molecule has 1 aliphatic heterocycles. The fourth-order valence-electron chi connectivity index (χ4n) is 2.47. The number of benzene rings is 1. The molecule has 2 atom stereocenters. The summed E-state index contributed by atoms with van der Waals surface area (Å²) in [5.74, 6) is -0.818. The maximum Gasteiger partial charge on any atom is 0.311 e. The second-order valence-electron chi connectivity index (χ2n) is 4.77. The molecule has 1 aromatic carbocycles. The average Bonchev–Trinajstić information content (AvgIpc) is 2.83. The van der Waals surface area contributed by atoms with Crippen LogP contribution in [-0.4, -0.2) is 30.6 Å². The highest BCUT2D eigenvalue weighted by Gasteiger charge is 2.38. The number of ether oxygens (including phenoxy) is 1. The SMILES string of the molecule is CCOC(=O)[C@H]1CN(Cc2ccccc2)C[C@H]1C#N. The van der Waals surface area contributed by atoms with Crippen LogP contribution in [0.2, 0.25) is 0 Å². The Bertz CT molecular complexity index is 467. The molecule has 0 N–H and O–H groups in total. The highest BCUT2D eigenvalue weighted by atomic mass is 16.5. The zero-order valence-electron chi connectivity index (χ0n) is 11.1. The minimum Gasteiger partial charge on any atom is -0.466 e. The molecule has 0 unspecified atom stereocenters. The molecular weight excluding hydrogens is 240 g/mol. The molecule has 1 heterocycles. The molecule has 1 aromatic rings. The lowest BCUT2D eigenvalue weighted by Crippen LogP contribution is -2.25. The van der Waals surface area contributed by atoms with E-state index in [1.54, 1.807) is 6.92 Å². The van der Waals surface area contributed by atoms with Crippen molar-refractivity contribution in [3.05, 3.63) is 35.9 Å². The largest absolute Gasteiger partial charge is 0.466 e. The van der Waals surface area contributed by atoms with Crippen LogP contribution in [0.4, 0.5) is 0 Å². The van der Waals surface area contributed by atoms with Crippen LogP contribution in [0.1, 0.15) is 12.5 Å². The first-order chi connectivity index (χ1) is 9.24. The van der Waals surface area contributed by atoms with Crippen molar-refractivity contribution in [2.75, 3.05) is 19.7 Å². The predicted molar refractivity (Wildman–Crippen MR) is 70.9 cm³/mol. The minimum atomic E-state index is -0.311. The Kier molecular flexibility index (Phi) is 4.53. The van der Waals surface area contributed by atoms with Gasteiger partial charge in [-0.25, -0.2) is 0 Å². The Morgan fingerprint density at radius 1 is 1.42 bits per heavy atom. The maximum atomic E-state index is 11.8. The summed E-state index contributed by atoms with van der Waals surface area (Å²) in [4.78, 5) is 14.0. The van der Waals surface area contributed by atoms with Crippen LogP contribution >= 0.6 is 0 Å². The Hall–Kier alpha value is -1.86. The number of carbonyl (C=O) groups excluding carboxylic acids is 1. The summed E-state index contributed by atoms with van der Waals surface area (Å²) < 4.78 is 5.04. The molecular formula is C15H18N2O2. The van der Waals surface area contributed by atoms with E-state index in [9.17, 15) is 4.79 Å². The quantitative estimate of drug-likeness (QED) is 0.773. The number of hydrogen-bond donors (Lipinski definition) is 0. The summed E-state index contributed by atoms with van der Waals surface area (Å²) >= 11 is 0. The normalized spacial score (nSPS) is 22.9. The summed E-state index contributed by atoms with van der Waals surface area (Å²) in [6.45, 7) is 4.16. The average molecular weight is 258 g/mol. The lowest BCUT2D eigenvalue weighted by Gasteiger charge is -2.15. The van der Waals surface area contributed by atoms with Crippen LogP contribution in [0, 0.1) is 23.2 Å². The van der Waals surface area contributed by atoms with Gasteiger partial charge in [0.2, 0.25) is 0 Å². The highest BCUT2D eigenvalue weighted by Crippen LogP contribution is 2.25. The van der Waals surface area contributed by atoms with E-state index in [4.69, 9.17) is 10.00 Å².